The minimum Gasteiger partial charge on any atom is -0.406 e. The van der Waals surface area contributed by atoms with Gasteiger partial charge in [0.1, 0.15) is 5.75 Å². The van der Waals surface area contributed by atoms with Crippen LogP contribution in [-0.4, -0.2) is 27.3 Å². The average Bonchev–Trinajstić information content (AvgIpc) is 3.28. The molecule has 0 bridgehead atoms. The van der Waals surface area contributed by atoms with Gasteiger partial charge in [0.2, 0.25) is 11.7 Å². The summed E-state index contributed by atoms with van der Waals surface area (Å²) in [5, 5.41) is 4.04. The van der Waals surface area contributed by atoms with Gasteiger partial charge in [-0.2, -0.15) is 4.98 Å². The minimum absolute atomic E-state index is 0.113. The van der Waals surface area contributed by atoms with Crippen LogP contribution in [0.4, 0.5) is 13.2 Å². The Hall–Kier alpha value is -3.36. The zero-order valence-electron chi connectivity index (χ0n) is 17.2. The highest BCUT2D eigenvalue weighted by Crippen LogP contribution is 2.32. The highest BCUT2D eigenvalue weighted by molar-refractivity contribution is 6.00. The molecule has 0 atom stereocenters. The fourth-order valence-corrected chi connectivity index (χ4v) is 3.59. The van der Waals surface area contributed by atoms with E-state index >= 15 is 0 Å². The highest BCUT2D eigenvalue weighted by atomic mass is 19.4. The maximum atomic E-state index is 12.9. The number of halogens is 3. The smallest absolute Gasteiger partial charge is 0.406 e. The molecule has 0 N–H and O–H groups in total. The summed E-state index contributed by atoms with van der Waals surface area (Å²) in [6.45, 7) is 6.44. The number of rotatable bonds is 5. The molecule has 1 aliphatic rings. The first kappa shape index (κ1) is 20.9. The van der Waals surface area contributed by atoms with E-state index in [1.807, 2.05) is 32.9 Å². The number of nitrogens with zero attached hydrogens (tertiary/aromatic N) is 3. The van der Waals surface area contributed by atoms with Crippen LogP contribution in [0, 0.1) is 6.92 Å². The molecule has 31 heavy (non-hydrogen) atoms. The molecule has 0 fully saturated rings. The summed E-state index contributed by atoms with van der Waals surface area (Å²) in [7, 11) is 0. The van der Waals surface area contributed by atoms with Gasteiger partial charge in [-0.05, 0) is 47.9 Å². The summed E-state index contributed by atoms with van der Waals surface area (Å²) in [6.07, 6.45) is -4.74. The van der Waals surface area contributed by atoms with Gasteiger partial charge in [-0.3, -0.25) is 4.79 Å². The Kier molecular flexibility index (Phi) is 5.20. The molecule has 3 aromatic rings. The van der Waals surface area contributed by atoms with Crippen LogP contribution < -0.4 is 4.74 Å². The third-order valence-corrected chi connectivity index (χ3v) is 5.00. The molecule has 4 rings (SSSR count). The topological polar surface area (TPSA) is 68.5 Å². The summed E-state index contributed by atoms with van der Waals surface area (Å²) < 4.78 is 46.1. The van der Waals surface area contributed by atoms with Crippen molar-refractivity contribution in [3.63, 3.8) is 0 Å². The fourth-order valence-electron chi connectivity index (χ4n) is 3.59. The second kappa shape index (κ2) is 7.72. The Bertz CT molecular complexity index is 1120. The maximum absolute atomic E-state index is 12.9. The van der Waals surface area contributed by atoms with Gasteiger partial charge in [-0.1, -0.05) is 31.1 Å². The fraction of sp³-hybridized carbons (Fsp3) is 0.318. The minimum atomic E-state index is -4.74. The molecule has 162 valence electrons. The number of hydrogen-bond donors (Lipinski definition) is 0. The second-order valence-corrected chi connectivity index (χ2v) is 7.79. The number of fused-ring (bicyclic) bond motifs is 1. The van der Waals surface area contributed by atoms with E-state index < -0.39 is 6.36 Å². The molecule has 1 amide bonds. The number of ether oxygens (including phenoxy) is 1. The van der Waals surface area contributed by atoms with Crippen molar-refractivity contribution < 1.29 is 27.2 Å². The largest absolute Gasteiger partial charge is 0.573 e. The Labute approximate surface area is 176 Å². The lowest BCUT2D eigenvalue weighted by atomic mass is 10.00. The zero-order chi connectivity index (χ0) is 22.3. The van der Waals surface area contributed by atoms with Crippen LogP contribution in [0.2, 0.25) is 0 Å². The Morgan fingerprint density at radius 2 is 1.90 bits per heavy atom. The lowest BCUT2D eigenvalue weighted by molar-refractivity contribution is -0.274. The highest BCUT2D eigenvalue weighted by Gasteiger charge is 2.32. The molecule has 6 nitrogen and oxygen atoms in total. The van der Waals surface area contributed by atoms with Gasteiger partial charge >= 0.3 is 6.36 Å². The molecular formula is C22H20F3N3O3. The van der Waals surface area contributed by atoms with Gasteiger partial charge in [0.05, 0.1) is 0 Å². The molecule has 1 aliphatic heterocycles. The number of hydrogen-bond acceptors (Lipinski definition) is 5. The van der Waals surface area contributed by atoms with Gasteiger partial charge in [0, 0.05) is 30.1 Å². The van der Waals surface area contributed by atoms with Gasteiger partial charge in [-0.25, -0.2) is 0 Å². The van der Waals surface area contributed by atoms with Gasteiger partial charge in [-0.15, -0.1) is 13.2 Å². The first-order valence-corrected chi connectivity index (χ1v) is 9.72. The summed E-state index contributed by atoms with van der Waals surface area (Å²) in [5.41, 5.74) is 3.77. The van der Waals surface area contributed by atoms with Crippen LogP contribution >= 0.6 is 0 Å². The molecule has 9 heteroatoms. The molecule has 1 aromatic heterocycles. The van der Waals surface area contributed by atoms with E-state index in [9.17, 15) is 18.0 Å². The predicted octanol–water partition coefficient (Wildman–Crippen LogP) is 5.22. The van der Waals surface area contributed by atoms with Crippen molar-refractivity contribution in [2.75, 3.05) is 0 Å². The van der Waals surface area contributed by atoms with Gasteiger partial charge in [0.25, 0.3) is 5.91 Å². The van der Waals surface area contributed by atoms with Crippen LogP contribution in [-0.2, 0) is 13.1 Å². The number of carbonyl (C=O) groups excluding carboxylic acids is 1. The number of alkyl halides is 3. The van der Waals surface area contributed by atoms with Gasteiger partial charge < -0.3 is 14.2 Å². The molecule has 0 saturated heterocycles. The summed E-state index contributed by atoms with van der Waals surface area (Å²) >= 11 is 0. The van der Waals surface area contributed by atoms with E-state index in [-0.39, 0.29) is 24.1 Å². The summed E-state index contributed by atoms with van der Waals surface area (Å²) in [5.74, 6) is 0.714. The molecular weight excluding hydrogens is 411 g/mol. The maximum Gasteiger partial charge on any atom is 0.573 e. The molecule has 0 radical (unpaired) electrons. The number of carbonyl (C=O) groups is 1. The normalized spacial score (nSPS) is 13.8. The molecule has 0 unspecified atom stereocenters. The van der Waals surface area contributed by atoms with Crippen molar-refractivity contribution in [2.45, 2.75) is 46.1 Å². The first-order chi connectivity index (χ1) is 14.6. The van der Waals surface area contributed by atoms with Gasteiger partial charge in [0.15, 0.2) is 0 Å². The van der Waals surface area contributed by atoms with Crippen LogP contribution in [0.5, 0.6) is 5.75 Å². The number of aromatic nitrogens is 2. The zero-order valence-corrected chi connectivity index (χ0v) is 17.2. The lowest BCUT2D eigenvalue weighted by Crippen LogP contribution is -2.23. The molecule has 0 saturated carbocycles. The van der Waals surface area contributed by atoms with Crippen molar-refractivity contribution in [3.8, 4) is 17.1 Å². The van der Waals surface area contributed by atoms with E-state index in [2.05, 4.69) is 14.9 Å². The van der Waals surface area contributed by atoms with Crippen molar-refractivity contribution in [3.05, 3.63) is 64.5 Å². The van der Waals surface area contributed by atoms with E-state index in [1.165, 1.54) is 24.3 Å². The molecule has 2 aromatic carbocycles. The van der Waals surface area contributed by atoms with E-state index in [1.54, 1.807) is 4.90 Å². The number of amides is 1. The Morgan fingerprint density at radius 3 is 2.52 bits per heavy atom. The Balaban J connectivity index is 1.53. The number of benzene rings is 2. The molecule has 0 spiro atoms. The van der Waals surface area contributed by atoms with Crippen LogP contribution in [0.25, 0.3) is 11.4 Å². The van der Waals surface area contributed by atoms with E-state index in [0.717, 1.165) is 16.7 Å². The van der Waals surface area contributed by atoms with Crippen molar-refractivity contribution in [1.29, 1.82) is 0 Å². The third-order valence-electron chi connectivity index (χ3n) is 5.00. The monoisotopic (exact) mass is 431 g/mol. The molecule has 2 heterocycles. The van der Waals surface area contributed by atoms with Crippen LogP contribution in [0.15, 0.2) is 40.9 Å². The number of aryl methyl sites for hydroxylation is 1. The Morgan fingerprint density at radius 1 is 1.19 bits per heavy atom. The van der Waals surface area contributed by atoms with Crippen LogP contribution in [0.3, 0.4) is 0 Å². The average molecular weight is 431 g/mol. The van der Waals surface area contributed by atoms with Crippen molar-refractivity contribution in [1.82, 2.24) is 15.0 Å². The summed E-state index contributed by atoms with van der Waals surface area (Å²) in [4.78, 5) is 19.0. The second-order valence-electron chi connectivity index (χ2n) is 7.79. The third kappa shape index (κ3) is 4.40. The SMILES string of the molecule is Cc1cc(-c2noc(C(C)C)n2)cc2c1C(=O)N(Cc1ccc(OC(F)(F)F)cc1)C2. The first-order valence-electron chi connectivity index (χ1n) is 9.72. The van der Waals surface area contributed by atoms with Crippen molar-refractivity contribution in [2.24, 2.45) is 0 Å². The van der Waals surface area contributed by atoms with E-state index in [0.29, 0.717) is 29.4 Å². The standard InChI is InChI=1S/C22H20F3N3O3/c1-12(2)20-26-19(27-31-20)15-8-13(3)18-16(9-15)11-28(21(18)29)10-14-4-6-17(7-5-14)30-22(23,24)25/h4-9,12H,10-11H2,1-3H3. The van der Waals surface area contributed by atoms with E-state index in [4.69, 9.17) is 4.52 Å². The van der Waals surface area contributed by atoms with Crippen molar-refractivity contribution >= 4 is 5.91 Å². The summed E-state index contributed by atoms with van der Waals surface area (Å²) in [6, 6.07) is 9.25. The van der Waals surface area contributed by atoms with Crippen LogP contribution in [0.1, 0.15) is 52.7 Å². The quantitative estimate of drug-likeness (QED) is 0.554. The predicted molar refractivity (Wildman–Crippen MR) is 105 cm³/mol. The lowest BCUT2D eigenvalue weighted by Gasteiger charge is -2.16. The molecule has 0 aliphatic carbocycles.